The molecule has 9 heteroatoms. The molecule has 0 saturated heterocycles. The van der Waals surface area contributed by atoms with Crippen LogP contribution in [-0.4, -0.2) is 55.0 Å². The third kappa shape index (κ3) is 5.09. The van der Waals surface area contributed by atoms with Crippen molar-refractivity contribution in [1.82, 2.24) is 14.5 Å². The Morgan fingerprint density at radius 1 is 1.15 bits per heavy atom. The Hall–Kier alpha value is -3.59. The maximum Gasteiger partial charge on any atom is 0.322 e. The van der Waals surface area contributed by atoms with Crippen LogP contribution in [0.1, 0.15) is 25.7 Å². The van der Waals surface area contributed by atoms with Crippen LogP contribution in [0.2, 0.25) is 0 Å². The summed E-state index contributed by atoms with van der Waals surface area (Å²) >= 11 is 0. The van der Waals surface area contributed by atoms with Gasteiger partial charge in [-0.05, 0) is 38.1 Å². The van der Waals surface area contributed by atoms with Crippen LogP contribution in [0.25, 0.3) is 10.9 Å². The number of benzene rings is 2. The highest BCUT2D eigenvalue weighted by Crippen LogP contribution is 2.30. The van der Waals surface area contributed by atoms with Gasteiger partial charge in [-0.1, -0.05) is 12.1 Å². The number of rotatable bonds is 9. The van der Waals surface area contributed by atoms with Gasteiger partial charge in [-0.3, -0.25) is 9.36 Å². The Labute approximate surface area is 192 Å². The number of nitrogens with zero attached hydrogens (tertiary/aromatic N) is 3. The Balaban J connectivity index is 1.97. The molecule has 0 aliphatic rings. The number of urea groups is 1. The van der Waals surface area contributed by atoms with E-state index in [1.807, 2.05) is 26.0 Å². The number of anilines is 1. The molecule has 0 fully saturated rings. The van der Waals surface area contributed by atoms with Crippen molar-refractivity contribution < 1.29 is 19.0 Å². The zero-order valence-corrected chi connectivity index (χ0v) is 19.6. The van der Waals surface area contributed by atoms with E-state index in [1.165, 1.54) is 7.11 Å². The summed E-state index contributed by atoms with van der Waals surface area (Å²) in [5, 5.41) is 3.42. The smallest absolute Gasteiger partial charge is 0.322 e. The van der Waals surface area contributed by atoms with Crippen molar-refractivity contribution >= 4 is 22.6 Å². The first-order chi connectivity index (χ1) is 15.9. The lowest BCUT2D eigenvalue weighted by atomic mass is 10.2. The summed E-state index contributed by atoms with van der Waals surface area (Å²) in [6.45, 7) is 4.81. The largest absolute Gasteiger partial charge is 0.497 e. The van der Waals surface area contributed by atoms with Gasteiger partial charge < -0.3 is 24.4 Å². The molecular formula is C24H30N4O5. The summed E-state index contributed by atoms with van der Waals surface area (Å²) in [6, 6.07) is 11.5. The summed E-state index contributed by atoms with van der Waals surface area (Å²) < 4.78 is 17.4. The van der Waals surface area contributed by atoms with E-state index < -0.39 is 6.04 Å². The average Bonchev–Trinajstić information content (AvgIpc) is 2.84. The number of fused-ring (bicyclic) bond motifs is 1. The first kappa shape index (κ1) is 24.1. The van der Waals surface area contributed by atoms with Crippen LogP contribution >= 0.6 is 0 Å². The quantitative estimate of drug-likeness (QED) is 0.530. The van der Waals surface area contributed by atoms with Gasteiger partial charge in [0, 0.05) is 19.7 Å². The minimum absolute atomic E-state index is 0.159. The van der Waals surface area contributed by atoms with E-state index in [0.717, 1.165) is 0 Å². The topological polar surface area (TPSA) is 94.9 Å². The molecule has 0 bridgehead atoms. The van der Waals surface area contributed by atoms with Gasteiger partial charge in [0.25, 0.3) is 5.56 Å². The molecule has 2 aromatic carbocycles. The van der Waals surface area contributed by atoms with E-state index in [0.29, 0.717) is 53.6 Å². The van der Waals surface area contributed by atoms with E-state index in [4.69, 9.17) is 19.2 Å². The summed E-state index contributed by atoms with van der Waals surface area (Å²) in [4.78, 5) is 32.8. The van der Waals surface area contributed by atoms with Crippen LogP contribution in [0.15, 0.2) is 47.3 Å². The molecule has 176 valence electrons. The van der Waals surface area contributed by atoms with Crippen LogP contribution in [-0.2, 0) is 11.3 Å². The molecule has 3 aromatic rings. The summed E-state index contributed by atoms with van der Waals surface area (Å²) in [7, 11) is 4.67. The first-order valence-corrected chi connectivity index (χ1v) is 10.7. The molecular weight excluding hydrogens is 424 g/mol. The number of hydrogen-bond donors (Lipinski definition) is 1. The number of carbonyl (C=O) groups is 1. The monoisotopic (exact) mass is 454 g/mol. The highest BCUT2D eigenvalue weighted by molar-refractivity contribution is 5.91. The third-order valence-electron chi connectivity index (χ3n) is 5.50. The molecule has 1 atom stereocenters. The fourth-order valence-corrected chi connectivity index (χ4v) is 3.72. The molecule has 9 nitrogen and oxygen atoms in total. The maximum absolute atomic E-state index is 13.2. The molecule has 0 aliphatic carbocycles. The molecule has 3 rings (SSSR count). The van der Waals surface area contributed by atoms with Crippen molar-refractivity contribution in [2.45, 2.75) is 26.4 Å². The van der Waals surface area contributed by atoms with Crippen molar-refractivity contribution in [2.75, 3.05) is 39.8 Å². The Bertz CT molecular complexity index is 1180. The fraction of sp³-hybridized carbons (Fsp3) is 0.375. The highest BCUT2D eigenvalue weighted by atomic mass is 16.5. The second-order valence-corrected chi connectivity index (χ2v) is 7.40. The number of methoxy groups -OCH3 is 3. The van der Waals surface area contributed by atoms with Gasteiger partial charge in [-0.25, -0.2) is 9.78 Å². The second-order valence-electron chi connectivity index (χ2n) is 7.40. The van der Waals surface area contributed by atoms with E-state index in [9.17, 15) is 9.59 Å². The standard InChI is InChI=1S/C24H30N4O5/c1-6-27(24(30)26-20-12-11-17(32-4)15-21(20)33-5)16(2)22-25-19-10-8-7-9-18(19)23(29)28(22)13-14-31-3/h7-12,15-16H,6,13-14H2,1-5H3,(H,26,30). The Kier molecular flexibility index (Phi) is 7.89. The number of aromatic nitrogens is 2. The Morgan fingerprint density at radius 2 is 1.91 bits per heavy atom. The number of hydrogen-bond acceptors (Lipinski definition) is 6. The molecule has 33 heavy (non-hydrogen) atoms. The van der Waals surface area contributed by atoms with Crippen LogP contribution in [0, 0.1) is 0 Å². The number of para-hydroxylation sites is 1. The van der Waals surface area contributed by atoms with Crippen LogP contribution in [0.3, 0.4) is 0 Å². The lowest BCUT2D eigenvalue weighted by Crippen LogP contribution is -2.40. The lowest BCUT2D eigenvalue weighted by molar-refractivity contribution is 0.176. The zero-order valence-electron chi connectivity index (χ0n) is 19.6. The summed E-state index contributed by atoms with van der Waals surface area (Å²) in [6.07, 6.45) is 0. The molecule has 1 aromatic heterocycles. The predicted octanol–water partition coefficient (Wildman–Crippen LogP) is 3.68. The SMILES string of the molecule is CCN(C(=O)Nc1ccc(OC)cc1OC)C(C)c1nc2ccccc2c(=O)n1CCOC. The minimum Gasteiger partial charge on any atom is -0.497 e. The number of ether oxygens (including phenoxy) is 3. The number of carbonyl (C=O) groups excluding carboxylic acids is 1. The maximum atomic E-state index is 13.2. The van der Waals surface area contributed by atoms with Gasteiger partial charge in [-0.2, -0.15) is 0 Å². The number of nitrogens with one attached hydrogen (secondary N) is 1. The van der Waals surface area contributed by atoms with Gasteiger partial charge in [-0.15, -0.1) is 0 Å². The van der Waals surface area contributed by atoms with Crippen molar-refractivity contribution in [1.29, 1.82) is 0 Å². The van der Waals surface area contributed by atoms with Gasteiger partial charge >= 0.3 is 6.03 Å². The van der Waals surface area contributed by atoms with Gasteiger partial charge in [0.15, 0.2) is 0 Å². The third-order valence-corrected chi connectivity index (χ3v) is 5.50. The van der Waals surface area contributed by atoms with Crippen molar-refractivity contribution in [3.63, 3.8) is 0 Å². The first-order valence-electron chi connectivity index (χ1n) is 10.7. The van der Waals surface area contributed by atoms with Crippen molar-refractivity contribution in [3.8, 4) is 11.5 Å². The van der Waals surface area contributed by atoms with Crippen LogP contribution in [0.5, 0.6) is 11.5 Å². The average molecular weight is 455 g/mol. The van der Waals surface area contributed by atoms with E-state index in [2.05, 4.69) is 5.32 Å². The molecule has 1 unspecified atom stereocenters. The summed E-state index contributed by atoms with van der Waals surface area (Å²) in [5.41, 5.74) is 0.941. The minimum atomic E-state index is -0.478. The molecule has 1 N–H and O–H groups in total. The molecule has 0 radical (unpaired) electrons. The van der Waals surface area contributed by atoms with Crippen LogP contribution in [0.4, 0.5) is 10.5 Å². The van der Waals surface area contributed by atoms with E-state index >= 15 is 0 Å². The molecule has 1 heterocycles. The molecule has 0 spiro atoms. The predicted molar refractivity (Wildman–Crippen MR) is 127 cm³/mol. The van der Waals surface area contributed by atoms with E-state index in [-0.39, 0.29) is 11.6 Å². The van der Waals surface area contributed by atoms with Gasteiger partial charge in [0.2, 0.25) is 0 Å². The molecule has 2 amide bonds. The number of amides is 2. The van der Waals surface area contributed by atoms with E-state index in [1.54, 1.807) is 54.0 Å². The fourth-order valence-electron chi connectivity index (χ4n) is 3.72. The van der Waals surface area contributed by atoms with Crippen molar-refractivity contribution in [2.24, 2.45) is 0 Å². The van der Waals surface area contributed by atoms with Gasteiger partial charge in [0.1, 0.15) is 17.3 Å². The normalized spacial score (nSPS) is 11.8. The van der Waals surface area contributed by atoms with Crippen molar-refractivity contribution in [3.05, 3.63) is 58.6 Å². The van der Waals surface area contributed by atoms with Crippen LogP contribution < -0.4 is 20.3 Å². The summed E-state index contributed by atoms with van der Waals surface area (Å²) in [5.74, 6) is 1.59. The highest BCUT2D eigenvalue weighted by Gasteiger charge is 2.26. The van der Waals surface area contributed by atoms with Gasteiger partial charge in [0.05, 0.1) is 50.0 Å². The molecule has 0 aliphatic heterocycles. The molecule has 0 saturated carbocycles. The second kappa shape index (κ2) is 10.8. The lowest BCUT2D eigenvalue weighted by Gasteiger charge is -2.29. The zero-order chi connectivity index (χ0) is 24.0. The Morgan fingerprint density at radius 3 is 2.58 bits per heavy atom.